The predicted molar refractivity (Wildman–Crippen MR) is 81.0 cm³/mol. The highest BCUT2D eigenvalue weighted by Crippen LogP contribution is 2.29. The van der Waals surface area contributed by atoms with Crippen LogP contribution >= 0.6 is 0 Å². The van der Waals surface area contributed by atoms with Crippen LogP contribution in [0, 0.1) is 0 Å². The maximum Gasteiger partial charge on any atom is 0.254 e. The van der Waals surface area contributed by atoms with Gasteiger partial charge in [0, 0.05) is 12.1 Å². The molecule has 2 aromatic carbocycles. The van der Waals surface area contributed by atoms with Crippen molar-refractivity contribution in [1.29, 1.82) is 0 Å². The van der Waals surface area contributed by atoms with Gasteiger partial charge in [0.2, 0.25) is 0 Å². The molecular weight excluding hydrogens is 246 g/mol. The third kappa shape index (κ3) is 2.25. The molecule has 1 aliphatic rings. The Balaban J connectivity index is 1.82. The molecule has 0 bridgehead atoms. The number of benzene rings is 2. The average molecular weight is 263 g/mol. The van der Waals surface area contributed by atoms with Crippen molar-refractivity contribution in [2.45, 2.75) is 13.0 Å². The number of carbonyl (C=O) groups excluding carboxylic acids is 1. The standard InChI is InChI=1S/C18H17NO/c1-14(15-8-4-2-5-9-15)19-13-12-17(18(19)20)16-10-6-3-7-11-16/h2-12,14H,13H2,1H3/t14-/m0/s1. The zero-order valence-electron chi connectivity index (χ0n) is 11.5. The minimum absolute atomic E-state index is 0.0983. The maximum absolute atomic E-state index is 12.6. The van der Waals surface area contributed by atoms with E-state index in [1.54, 1.807) is 0 Å². The molecule has 0 aliphatic carbocycles. The van der Waals surface area contributed by atoms with Crippen LogP contribution < -0.4 is 0 Å². The number of amides is 1. The topological polar surface area (TPSA) is 20.3 Å². The van der Waals surface area contributed by atoms with Gasteiger partial charge in [0.05, 0.1) is 6.04 Å². The summed E-state index contributed by atoms with van der Waals surface area (Å²) in [7, 11) is 0. The predicted octanol–water partition coefficient (Wildman–Crippen LogP) is 3.67. The number of hydrogen-bond acceptors (Lipinski definition) is 1. The molecule has 0 spiro atoms. The summed E-state index contributed by atoms with van der Waals surface area (Å²) < 4.78 is 0. The smallest absolute Gasteiger partial charge is 0.254 e. The Kier molecular flexibility index (Phi) is 3.38. The highest BCUT2D eigenvalue weighted by atomic mass is 16.2. The third-order valence-corrected chi connectivity index (χ3v) is 3.82. The lowest BCUT2D eigenvalue weighted by Crippen LogP contribution is -2.29. The summed E-state index contributed by atoms with van der Waals surface area (Å²) in [6.07, 6.45) is 2.02. The second-order valence-electron chi connectivity index (χ2n) is 5.03. The van der Waals surface area contributed by atoms with Crippen LogP contribution in [0.3, 0.4) is 0 Å². The van der Waals surface area contributed by atoms with Crippen molar-refractivity contribution in [3.05, 3.63) is 77.9 Å². The molecule has 0 radical (unpaired) electrons. The van der Waals surface area contributed by atoms with E-state index in [2.05, 4.69) is 19.1 Å². The number of rotatable bonds is 3. The fourth-order valence-corrected chi connectivity index (χ4v) is 2.62. The van der Waals surface area contributed by atoms with Crippen LogP contribution in [0.25, 0.3) is 5.57 Å². The van der Waals surface area contributed by atoms with Crippen LogP contribution in [0.4, 0.5) is 0 Å². The van der Waals surface area contributed by atoms with Crippen LogP contribution in [-0.2, 0) is 4.79 Å². The molecule has 0 N–H and O–H groups in total. The summed E-state index contributed by atoms with van der Waals surface area (Å²) >= 11 is 0. The lowest BCUT2D eigenvalue weighted by Gasteiger charge is -2.25. The second-order valence-corrected chi connectivity index (χ2v) is 5.03. The first-order valence-electron chi connectivity index (χ1n) is 6.89. The zero-order valence-corrected chi connectivity index (χ0v) is 11.5. The second kappa shape index (κ2) is 5.33. The summed E-state index contributed by atoms with van der Waals surface area (Å²) in [6, 6.07) is 20.1. The molecule has 0 aromatic heterocycles. The van der Waals surface area contributed by atoms with Gasteiger partial charge in [-0.25, -0.2) is 0 Å². The van der Waals surface area contributed by atoms with Crippen molar-refractivity contribution >= 4 is 11.5 Å². The normalized spacial score (nSPS) is 16.1. The lowest BCUT2D eigenvalue weighted by molar-refractivity contribution is -0.125. The van der Waals surface area contributed by atoms with E-state index in [1.165, 1.54) is 5.56 Å². The van der Waals surface area contributed by atoms with E-state index in [1.807, 2.05) is 59.5 Å². The van der Waals surface area contributed by atoms with Crippen LogP contribution in [0.1, 0.15) is 24.1 Å². The highest BCUT2D eigenvalue weighted by Gasteiger charge is 2.28. The number of carbonyl (C=O) groups is 1. The molecule has 1 aliphatic heterocycles. The average Bonchev–Trinajstić information content (AvgIpc) is 2.90. The van der Waals surface area contributed by atoms with Crippen molar-refractivity contribution < 1.29 is 4.79 Å². The van der Waals surface area contributed by atoms with Crippen molar-refractivity contribution in [3.8, 4) is 0 Å². The molecule has 1 amide bonds. The molecule has 3 rings (SSSR count). The van der Waals surface area contributed by atoms with E-state index in [-0.39, 0.29) is 11.9 Å². The van der Waals surface area contributed by atoms with Gasteiger partial charge >= 0.3 is 0 Å². The summed E-state index contributed by atoms with van der Waals surface area (Å²) in [5.74, 6) is 0.118. The Bertz CT molecular complexity index is 631. The minimum atomic E-state index is 0.0983. The van der Waals surface area contributed by atoms with E-state index < -0.39 is 0 Å². The summed E-state index contributed by atoms with van der Waals surface area (Å²) in [4.78, 5) is 14.5. The Morgan fingerprint density at radius 3 is 2.20 bits per heavy atom. The zero-order chi connectivity index (χ0) is 13.9. The van der Waals surface area contributed by atoms with Crippen LogP contribution in [0.15, 0.2) is 66.7 Å². The molecule has 2 heteroatoms. The van der Waals surface area contributed by atoms with Crippen molar-refractivity contribution in [2.24, 2.45) is 0 Å². The van der Waals surface area contributed by atoms with Gasteiger partial charge in [0.1, 0.15) is 0 Å². The van der Waals surface area contributed by atoms with Crippen molar-refractivity contribution in [3.63, 3.8) is 0 Å². The first-order valence-corrected chi connectivity index (χ1v) is 6.89. The van der Waals surface area contributed by atoms with Gasteiger partial charge in [-0.15, -0.1) is 0 Å². The van der Waals surface area contributed by atoms with Gasteiger partial charge in [0.15, 0.2) is 0 Å². The van der Waals surface area contributed by atoms with Crippen molar-refractivity contribution in [2.75, 3.05) is 6.54 Å². The quantitative estimate of drug-likeness (QED) is 0.827. The van der Waals surface area contributed by atoms with Crippen LogP contribution in [-0.4, -0.2) is 17.4 Å². The molecule has 100 valence electrons. The van der Waals surface area contributed by atoms with Gasteiger partial charge < -0.3 is 4.90 Å². The van der Waals surface area contributed by atoms with E-state index in [0.717, 1.165) is 11.1 Å². The van der Waals surface area contributed by atoms with E-state index in [4.69, 9.17) is 0 Å². The Hall–Kier alpha value is -2.35. The van der Waals surface area contributed by atoms with E-state index >= 15 is 0 Å². The molecule has 0 fully saturated rings. The number of nitrogens with zero attached hydrogens (tertiary/aromatic N) is 1. The molecule has 20 heavy (non-hydrogen) atoms. The molecule has 0 unspecified atom stereocenters. The van der Waals surface area contributed by atoms with Crippen LogP contribution in [0.2, 0.25) is 0 Å². The minimum Gasteiger partial charge on any atom is -0.328 e. The van der Waals surface area contributed by atoms with E-state index in [9.17, 15) is 4.79 Å². The molecule has 0 saturated heterocycles. The fraction of sp³-hybridized carbons (Fsp3) is 0.167. The SMILES string of the molecule is C[C@@H](c1ccccc1)N1CC=C(c2ccccc2)C1=O. The Morgan fingerprint density at radius 1 is 0.950 bits per heavy atom. The van der Waals surface area contributed by atoms with Gasteiger partial charge in [-0.2, -0.15) is 0 Å². The number of hydrogen-bond donors (Lipinski definition) is 0. The molecule has 0 saturated carbocycles. The third-order valence-electron chi connectivity index (χ3n) is 3.82. The summed E-state index contributed by atoms with van der Waals surface area (Å²) in [6.45, 7) is 2.76. The summed E-state index contributed by atoms with van der Waals surface area (Å²) in [5.41, 5.74) is 2.98. The van der Waals surface area contributed by atoms with E-state index in [0.29, 0.717) is 6.54 Å². The van der Waals surface area contributed by atoms with Crippen molar-refractivity contribution in [1.82, 2.24) is 4.90 Å². The molecule has 1 heterocycles. The fourth-order valence-electron chi connectivity index (χ4n) is 2.62. The van der Waals surface area contributed by atoms with Gasteiger partial charge in [-0.05, 0) is 18.1 Å². The maximum atomic E-state index is 12.6. The van der Waals surface area contributed by atoms with Crippen LogP contribution in [0.5, 0.6) is 0 Å². The van der Waals surface area contributed by atoms with Gasteiger partial charge in [0.25, 0.3) is 5.91 Å². The Labute approximate surface area is 119 Å². The highest BCUT2D eigenvalue weighted by molar-refractivity contribution is 6.21. The molecule has 1 atom stereocenters. The largest absolute Gasteiger partial charge is 0.328 e. The summed E-state index contributed by atoms with van der Waals surface area (Å²) in [5, 5.41) is 0. The molecular formula is C18H17NO. The van der Waals surface area contributed by atoms with Gasteiger partial charge in [-0.3, -0.25) is 4.79 Å². The van der Waals surface area contributed by atoms with Gasteiger partial charge in [-0.1, -0.05) is 66.7 Å². The molecule has 2 nitrogen and oxygen atoms in total. The monoisotopic (exact) mass is 263 g/mol. The Morgan fingerprint density at radius 2 is 1.55 bits per heavy atom. The first kappa shape index (κ1) is 12.7. The molecule has 2 aromatic rings. The lowest BCUT2D eigenvalue weighted by atomic mass is 10.1. The first-order chi connectivity index (χ1) is 9.77.